The monoisotopic (exact) mass is 323 g/mol. The summed E-state index contributed by atoms with van der Waals surface area (Å²) in [5.41, 5.74) is 8.53. The van der Waals surface area contributed by atoms with Gasteiger partial charge in [-0.2, -0.15) is 0 Å². The molecule has 0 atom stereocenters. The summed E-state index contributed by atoms with van der Waals surface area (Å²) in [7, 11) is 1.75. The Labute approximate surface area is 131 Å². The van der Waals surface area contributed by atoms with Crippen molar-refractivity contribution in [1.29, 1.82) is 0 Å². The van der Waals surface area contributed by atoms with Gasteiger partial charge in [0, 0.05) is 18.5 Å². The first-order valence-corrected chi connectivity index (χ1v) is 8.55. The van der Waals surface area contributed by atoms with Crippen LogP contribution in [0.5, 0.6) is 0 Å². The number of nitrogens with zero attached hydrogens (tertiary/aromatic N) is 3. The van der Waals surface area contributed by atoms with Crippen LogP contribution in [-0.4, -0.2) is 33.9 Å². The smallest absolute Gasteiger partial charge is 0.267 e. The highest BCUT2D eigenvalue weighted by Crippen LogP contribution is 2.30. The van der Waals surface area contributed by atoms with E-state index in [1.54, 1.807) is 17.5 Å². The Morgan fingerprint density at radius 2 is 2.38 bits per heavy atom. The molecular formula is C13H17N5OS2. The summed E-state index contributed by atoms with van der Waals surface area (Å²) in [6.45, 7) is 0.477. The van der Waals surface area contributed by atoms with Crippen LogP contribution in [0.2, 0.25) is 0 Å². The predicted octanol–water partition coefficient (Wildman–Crippen LogP) is 2.42. The van der Waals surface area contributed by atoms with Gasteiger partial charge in [-0.05, 0) is 19.3 Å². The van der Waals surface area contributed by atoms with Crippen LogP contribution >= 0.6 is 22.7 Å². The van der Waals surface area contributed by atoms with E-state index in [2.05, 4.69) is 15.3 Å². The molecule has 1 fully saturated rings. The zero-order valence-electron chi connectivity index (χ0n) is 11.7. The van der Waals surface area contributed by atoms with Crippen molar-refractivity contribution in [3.8, 4) is 0 Å². The number of carbonyl (C=O) groups excluding carboxylic acids is 1. The van der Waals surface area contributed by atoms with E-state index in [0.29, 0.717) is 23.3 Å². The molecule has 0 aliphatic heterocycles. The Balaban J connectivity index is 1.68. The highest BCUT2D eigenvalue weighted by atomic mass is 32.1. The normalized spacial score (nSPS) is 14.7. The van der Waals surface area contributed by atoms with Crippen LogP contribution in [0.3, 0.4) is 0 Å². The topological polar surface area (TPSA) is 84.1 Å². The maximum absolute atomic E-state index is 12.4. The molecule has 6 nitrogen and oxygen atoms in total. The molecule has 2 aromatic heterocycles. The molecule has 0 radical (unpaired) electrons. The molecule has 1 amide bonds. The number of nitrogens with one attached hydrogen (secondary N) is 1. The van der Waals surface area contributed by atoms with Gasteiger partial charge < -0.3 is 16.0 Å². The van der Waals surface area contributed by atoms with E-state index >= 15 is 0 Å². The van der Waals surface area contributed by atoms with E-state index in [1.807, 2.05) is 5.38 Å². The second kappa shape index (κ2) is 5.98. The zero-order valence-corrected chi connectivity index (χ0v) is 13.3. The van der Waals surface area contributed by atoms with Crippen molar-refractivity contribution in [1.82, 2.24) is 14.9 Å². The van der Waals surface area contributed by atoms with Crippen LogP contribution in [0.1, 0.15) is 34.6 Å². The van der Waals surface area contributed by atoms with Crippen molar-refractivity contribution in [3.05, 3.63) is 21.5 Å². The van der Waals surface area contributed by atoms with Gasteiger partial charge in [0.2, 0.25) is 0 Å². The molecule has 0 spiro atoms. The number of hydrogen-bond donors (Lipinski definition) is 2. The number of hydrogen-bond acceptors (Lipinski definition) is 7. The van der Waals surface area contributed by atoms with Gasteiger partial charge >= 0.3 is 0 Å². The van der Waals surface area contributed by atoms with Crippen molar-refractivity contribution >= 4 is 39.5 Å². The van der Waals surface area contributed by atoms with Gasteiger partial charge in [-0.1, -0.05) is 11.3 Å². The van der Waals surface area contributed by atoms with E-state index in [9.17, 15) is 4.79 Å². The number of aromatic nitrogens is 2. The third-order valence-corrected chi connectivity index (χ3v) is 5.14. The third-order valence-electron chi connectivity index (χ3n) is 3.51. The summed E-state index contributed by atoms with van der Waals surface area (Å²) in [4.78, 5) is 23.0. The van der Waals surface area contributed by atoms with Gasteiger partial charge in [-0.25, -0.2) is 9.97 Å². The molecule has 2 aromatic rings. The summed E-state index contributed by atoms with van der Waals surface area (Å²) in [5.74, 6) is 0.191. The number of nitrogens with two attached hydrogens (primary N) is 1. The first kappa shape index (κ1) is 14.3. The fourth-order valence-corrected chi connectivity index (χ4v) is 3.58. The van der Waals surface area contributed by atoms with Gasteiger partial charge in [-0.3, -0.25) is 4.79 Å². The highest BCUT2D eigenvalue weighted by Gasteiger charge is 2.23. The summed E-state index contributed by atoms with van der Waals surface area (Å²) in [6.07, 6.45) is 3.57. The Kier molecular flexibility index (Phi) is 4.07. The molecular weight excluding hydrogens is 306 g/mol. The molecule has 1 aliphatic carbocycles. The fraction of sp³-hybridized carbons (Fsp3) is 0.462. The SMILES string of the molecule is CN(Cc1cscn1)C(=O)c1sc(NC2CCC2)nc1N. The van der Waals surface area contributed by atoms with Crippen molar-refractivity contribution in [2.24, 2.45) is 0 Å². The molecule has 0 unspecified atom stereocenters. The van der Waals surface area contributed by atoms with E-state index in [-0.39, 0.29) is 5.91 Å². The average Bonchev–Trinajstić information content (AvgIpc) is 3.03. The van der Waals surface area contributed by atoms with E-state index in [1.165, 1.54) is 29.1 Å². The summed E-state index contributed by atoms with van der Waals surface area (Å²) >= 11 is 2.85. The number of rotatable bonds is 5. The molecule has 0 saturated heterocycles. The van der Waals surface area contributed by atoms with Gasteiger partial charge in [0.15, 0.2) is 5.13 Å². The van der Waals surface area contributed by atoms with E-state index < -0.39 is 0 Å². The molecule has 1 aliphatic rings. The molecule has 0 bridgehead atoms. The van der Waals surface area contributed by atoms with Crippen LogP contribution in [0.25, 0.3) is 0 Å². The van der Waals surface area contributed by atoms with Crippen LogP contribution in [0.15, 0.2) is 10.9 Å². The molecule has 8 heteroatoms. The van der Waals surface area contributed by atoms with Crippen molar-refractivity contribution in [3.63, 3.8) is 0 Å². The minimum Gasteiger partial charge on any atom is -0.382 e. The highest BCUT2D eigenvalue weighted by molar-refractivity contribution is 7.18. The fourth-order valence-electron chi connectivity index (χ4n) is 2.08. The first-order chi connectivity index (χ1) is 10.1. The quantitative estimate of drug-likeness (QED) is 0.883. The zero-order chi connectivity index (χ0) is 14.8. The van der Waals surface area contributed by atoms with Crippen LogP contribution in [-0.2, 0) is 6.54 Å². The Hall–Kier alpha value is -1.67. The number of amides is 1. The minimum atomic E-state index is -0.111. The maximum atomic E-state index is 12.4. The lowest BCUT2D eigenvalue weighted by Gasteiger charge is -2.25. The maximum Gasteiger partial charge on any atom is 0.267 e. The minimum absolute atomic E-state index is 0.111. The lowest BCUT2D eigenvalue weighted by Crippen LogP contribution is -2.26. The van der Waals surface area contributed by atoms with Gasteiger partial charge in [-0.15, -0.1) is 11.3 Å². The molecule has 3 rings (SSSR count). The number of anilines is 2. The molecule has 112 valence electrons. The first-order valence-electron chi connectivity index (χ1n) is 6.79. The van der Waals surface area contributed by atoms with Gasteiger partial charge in [0.25, 0.3) is 5.91 Å². The Bertz CT molecular complexity index is 621. The van der Waals surface area contributed by atoms with Crippen LogP contribution in [0.4, 0.5) is 10.9 Å². The largest absolute Gasteiger partial charge is 0.382 e. The second-order valence-corrected chi connectivity index (χ2v) is 6.86. The second-order valence-electron chi connectivity index (χ2n) is 5.15. The lowest BCUT2D eigenvalue weighted by molar-refractivity contribution is 0.0789. The number of thiazole rings is 2. The molecule has 3 N–H and O–H groups in total. The van der Waals surface area contributed by atoms with Crippen molar-refractivity contribution in [2.45, 2.75) is 31.8 Å². The van der Waals surface area contributed by atoms with Gasteiger partial charge in [0.1, 0.15) is 10.7 Å². The average molecular weight is 323 g/mol. The summed E-state index contributed by atoms with van der Waals surface area (Å²) < 4.78 is 0. The Morgan fingerprint density at radius 1 is 1.57 bits per heavy atom. The van der Waals surface area contributed by atoms with Crippen LogP contribution < -0.4 is 11.1 Å². The van der Waals surface area contributed by atoms with Crippen molar-refractivity contribution < 1.29 is 4.79 Å². The summed E-state index contributed by atoms with van der Waals surface area (Å²) in [5, 5.41) is 6.00. The molecule has 1 saturated carbocycles. The number of nitrogen functional groups attached to an aromatic ring is 1. The Morgan fingerprint density at radius 3 is 3.00 bits per heavy atom. The standard InChI is InChI=1S/C13H17N5OS2/c1-18(5-9-6-20-7-15-9)12(19)10-11(14)17-13(21-10)16-8-3-2-4-8/h6-8H,2-5,14H2,1H3,(H,16,17). The predicted molar refractivity (Wildman–Crippen MR) is 85.7 cm³/mol. The third kappa shape index (κ3) is 3.16. The molecule has 21 heavy (non-hydrogen) atoms. The lowest BCUT2D eigenvalue weighted by atomic mass is 9.93. The molecule has 2 heterocycles. The van der Waals surface area contributed by atoms with E-state index in [4.69, 9.17) is 5.73 Å². The molecule has 0 aromatic carbocycles. The van der Waals surface area contributed by atoms with Crippen molar-refractivity contribution in [2.75, 3.05) is 18.1 Å². The van der Waals surface area contributed by atoms with E-state index in [0.717, 1.165) is 23.7 Å². The summed E-state index contributed by atoms with van der Waals surface area (Å²) in [6, 6.07) is 0.478. The van der Waals surface area contributed by atoms with Crippen LogP contribution in [0, 0.1) is 0 Å². The number of carbonyl (C=O) groups is 1. The van der Waals surface area contributed by atoms with Gasteiger partial charge in [0.05, 0.1) is 17.7 Å².